The number of carboxylic acids is 1. The molecule has 0 saturated heterocycles. The summed E-state index contributed by atoms with van der Waals surface area (Å²) >= 11 is 0. The van der Waals surface area contributed by atoms with Crippen LogP contribution in [0.4, 0.5) is 22.9 Å². The molecule has 27 heteroatoms. The minimum atomic E-state index is -1.13. The summed E-state index contributed by atoms with van der Waals surface area (Å²) in [5, 5.41) is 41.3. The number of nitrogens with two attached hydrogens (primary N) is 1. The molecule has 0 bridgehead atoms. The number of nitrogens with one attached hydrogen (secondary N) is 3. The van der Waals surface area contributed by atoms with Gasteiger partial charge in [-0.1, -0.05) is 60.4 Å². The van der Waals surface area contributed by atoms with Crippen molar-refractivity contribution in [2.75, 3.05) is 117 Å². The fourth-order valence-corrected chi connectivity index (χ4v) is 11.3. The molecule has 0 radical (unpaired) electrons. The van der Waals surface area contributed by atoms with Gasteiger partial charge < -0.3 is 93.2 Å². The van der Waals surface area contributed by atoms with Gasteiger partial charge in [0.1, 0.15) is 38.6 Å². The van der Waals surface area contributed by atoms with E-state index in [1.807, 2.05) is 129 Å². The van der Waals surface area contributed by atoms with Crippen LogP contribution in [0.5, 0.6) is 46.0 Å². The van der Waals surface area contributed by atoms with Crippen molar-refractivity contribution < 1.29 is 81.1 Å². The van der Waals surface area contributed by atoms with Crippen LogP contribution in [-0.4, -0.2) is 153 Å². The summed E-state index contributed by atoms with van der Waals surface area (Å²) in [6.45, 7) is 8.53. The maximum atomic E-state index is 12.4. The number of fused-ring (bicyclic) bond motifs is 4. The molecule has 3 heterocycles. The number of anilines is 4. The van der Waals surface area contributed by atoms with E-state index in [4.69, 9.17) is 79.9 Å². The second-order valence-electron chi connectivity index (χ2n) is 24.9. The first-order valence-corrected chi connectivity index (χ1v) is 35.5. The smallest absolute Gasteiger partial charge is 0.420 e. The third kappa shape index (κ3) is 23.3. The normalized spacial score (nSPS) is 10.9. The molecule has 1 amide bonds. The van der Waals surface area contributed by atoms with Gasteiger partial charge in [-0.2, -0.15) is 0 Å². The molecule has 8 N–H and O–H groups in total. The Morgan fingerprint density at radius 3 is 1.58 bits per heavy atom. The number of carbonyl (C=O) groups excluding carboxylic acids is 1. The van der Waals surface area contributed by atoms with Crippen molar-refractivity contribution in [1.29, 1.82) is 0 Å². The van der Waals surface area contributed by atoms with Crippen LogP contribution in [0.2, 0.25) is 0 Å². The first-order chi connectivity index (χ1) is 54.0. The van der Waals surface area contributed by atoms with Crippen LogP contribution in [0, 0.1) is 38.5 Å². The Morgan fingerprint density at radius 1 is 0.523 bits per heavy atom. The maximum absolute atomic E-state index is 12.4. The fraction of sp³-hybridized carbons (Fsp3) is 0.262. The number of aromatic hydroxyl groups is 2. The first kappa shape index (κ1) is 80.5. The molecular weight excluding hydrogens is 1420 g/mol. The van der Waals surface area contributed by atoms with E-state index in [0.29, 0.717) is 153 Å². The number of methoxy groups -OCH3 is 2. The summed E-state index contributed by atoms with van der Waals surface area (Å²) in [7, 11) is 3.24. The molecule has 0 unspecified atom stereocenters. The van der Waals surface area contributed by atoms with Crippen molar-refractivity contribution >= 4 is 78.6 Å². The summed E-state index contributed by atoms with van der Waals surface area (Å²) in [6.07, 6.45) is 14.0. The van der Waals surface area contributed by atoms with E-state index in [2.05, 4.69) is 37.8 Å². The van der Waals surface area contributed by atoms with E-state index < -0.39 is 24.1 Å². The van der Waals surface area contributed by atoms with Gasteiger partial charge in [-0.15, -0.1) is 12.8 Å². The highest BCUT2D eigenvalue weighted by Crippen LogP contribution is 2.39. The molecule has 0 aliphatic heterocycles. The van der Waals surface area contributed by atoms with Crippen LogP contribution in [0.3, 0.4) is 0 Å². The predicted molar refractivity (Wildman–Crippen MR) is 421 cm³/mol. The molecule has 12 rings (SSSR count). The van der Waals surface area contributed by atoms with Crippen molar-refractivity contribution in [1.82, 2.24) is 24.4 Å². The number of hydrogen-bond acceptors (Lipinski definition) is 23. The van der Waals surface area contributed by atoms with Crippen LogP contribution < -0.4 is 61.6 Å². The predicted octanol–water partition coefficient (Wildman–Crippen LogP) is 11.8. The highest BCUT2D eigenvalue weighted by atomic mass is 16.6. The van der Waals surface area contributed by atoms with Crippen LogP contribution in [0.25, 0.3) is 43.9 Å². The van der Waals surface area contributed by atoms with Crippen molar-refractivity contribution in [2.24, 2.45) is 5.73 Å². The molecule has 576 valence electrons. The minimum Gasteiger partial charge on any atom is -0.504 e. The van der Waals surface area contributed by atoms with Gasteiger partial charge in [0.25, 0.3) is 5.91 Å². The number of aliphatic carboxylic acids is 1. The molecular formula is C84H86N8O19. The number of terminal acetylenes is 2. The number of ether oxygens (including phenoxy) is 10. The Labute approximate surface area is 639 Å². The number of carboxylic acid groups (broad SMARTS) is 1. The monoisotopic (exact) mass is 1510 g/mol. The second kappa shape index (κ2) is 40.8. The fourth-order valence-electron chi connectivity index (χ4n) is 11.3. The molecule has 3 aromatic heterocycles. The lowest BCUT2D eigenvalue weighted by Gasteiger charge is -2.16. The lowest BCUT2D eigenvalue weighted by atomic mass is 10.1. The summed E-state index contributed by atoms with van der Waals surface area (Å²) in [5.41, 5.74) is 16.0. The molecule has 0 fully saturated rings. The highest BCUT2D eigenvalue weighted by molar-refractivity contribution is 5.98. The zero-order valence-corrected chi connectivity index (χ0v) is 61.8. The summed E-state index contributed by atoms with van der Waals surface area (Å²) in [6, 6.07) is 49.1. The van der Waals surface area contributed by atoms with Crippen molar-refractivity contribution in [3.8, 4) is 70.7 Å². The Kier molecular flexibility index (Phi) is 29.6. The number of phenolic OH excluding ortho intramolecular Hbond substituents is 2. The number of benzene rings is 9. The molecule has 0 saturated carbocycles. The minimum absolute atomic E-state index is 0.0707. The third-order valence-electron chi connectivity index (χ3n) is 16.7. The summed E-state index contributed by atoms with van der Waals surface area (Å²) < 4.78 is 69.5. The van der Waals surface area contributed by atoms with Crippen molar-refractivity contribution in [3.63, 3.8) is 0 Å². The van der Waals surface area contributed by atoms with E-state index in [1.165, 1.54) is 33.7 Å². The Balaban J connectivity index is 0.000000196. The Hall–Kier alpha value is -13.0. The number of nitrogens with zero attached hydrogens (tertiary/aromatic N) is 4. The van der Waals surface area contributed by atoms with Crippen molar-refractivity contribution in [3.05, 3.63) is 225 Å². The standard InChI is InChI=1S/C43H43N3O9.C24H28N4O4.C17H15NO6/c1-4-30-8-5-10-33(23-30)45-35-11-6-9-32-25-40(41(26-34(32)35)52-20-18-50-3)53-21-19-51-17-7-16-44-42(48)28-54-39-15-13-31(24-37(39)47)27-46-36-22-29(2)12-14-38(36)55-43(46)49;1-3-18-6-4-7-19(14-18)28-24-20-15-22(31-12-10-29-2)23(16-21(20)26-17-27-24)32-13-11-30-9-5-8-25;1-10-2-4-14-12(6-10)18(17(22)24-14)8-11-3-5-15(13(19)7-11)23-9-16(20)21/h1,5-6,8-15,22-26,45,47H,7,16-21,27-28H2,2-3H3,(H,44,48);1,4,6-7,14-17H,5,8-13,25H2,2H3,(H,26,27,28);2-7,19H,8-9H2,1H3,(H,20,21). The van der Waals surface area contributed by atoms with E-state index in [9.17, 15) is 29.4 Å². The van der Waals surface area contributed by atoms with Gasteiger partial charge in [-0.3, -0.25) is 13.9 Å². The average molecular weight is 1510 g/mol. The van der Waals surface area contributed by atoms with E-state index in [1.54, 1.807) is 44.6 Å². The number of amides is 1. The maximum Gasteiger partial charge on any atom is 0.420 e. The zero-order chi connectivity index (χ0) is 78.4. The molecule has 0 aliphatic carbocycles. The quantitative estimate of drug-likeness (QED) is 0.0140. The van der Waals surface area contributed by atoms with E-state index >= 15 is 0 Å². The van der Waals surface area contributed by atoms with Crippen LogP contribution in [-0.2, 0) is 41.6 Å². The Morgan fingerprint density at radius 2 is 1.04 bits per heavy atom. The van der Waals surface area contributed by atoms with E-state index in [-0.39, 0.29) is 48.6 Å². The van der Waals surface area contributed by atoms with Gasteiger partial charge in [-0.05, 0) is 170 Å². The molecule has 27 nitrogen and oxygen atoms in total. The third-order valence-corrected chi connectivity index (χ3v) is 16.7. The molecule has 0 spiro atoms. The molecule has 0 atom stereocenters. The van der Waals surface area contributed by atoms with Gasteiger partial charge in [-0.25, -0.2) is 24.4 Å². The number of aryl methyl sites for hydroxylation is 2. The molecule has 0 aliphatic rings. The lowest BCUT2D eigenvalue weighted by Crippen LogP contribution is -2.30. The Bertz CT molecular complexity index is 5370. The lowest BCUT2D eigenvalue weighted by molar-refractivity contribution is -0.139. The van der Waals surface area contributed by atoms with Gasteiger partial charge in [0.05, 0.1) is 56.1 Å². The zero-order valence-electron chi connectivity index (χ0n) is 61.8. The SMILES string of the molecule is C#Cc1cccc(Nc2cccc3cc(OCCOCCCNC(=O)COc4ccc(Cn5c(=O)oc6ccc(C)cc65)cc4O)c(OCCOC)cc23)c1.C#Cc1cccc(Nc2ncnc3cc(OCCOCCCN)c(OCCOC)cc23)c1.Cc1ccc2oc(=O)n(Cc3ccc(OCC(=O)O)c(O)c3)c2c1. The number of phenols is 2. The van der Waals surface area contributed by atoms with E-state index in [0.717, 1.165) is 61.9 Å². The molecule has 111 heavy (non-hydrogen) atoms. The van der Waals surface area contributed by atoms with Crippen molar-refractivity contribution in [2.45, 2.75) is 39.8 Å². The highest BCUT2D eigenvalue weighted by Gasteiger charge is 2.18. The number of oxazole rings is 2. The number of rotatable bonds is 37. The summed E-state index contributed by atoms with van der Waals surface area (Å²) in [5.74, 6) is 5.72. The molecule has 12 aromatic rings. The van der Waals surface area contributed by atoms with Gasteiger partial charge in [0.2, 0.25) is 0 Å². The van der Waals surface area contributed by atoms with Gasteiger partial charge >= 0.3 is 17.5 Å². The number of carbonyl (C=O) groups is 2. The van der Waals surface area contributed by atoms with Crippen LogP contribution >= 0.6 is 0 Å². The second-order valence-corrected chi connectivity index (χ2v) is 24.9. The summed E-state index contributed by atoms with van der Waals surface area (Å²) in [4.78, 5) is 56.1. The largest absolute Gasteiger partial charge is 0.504 e. The first-order valence-electron chi connectivity index (χ1n) is 35.5. The average Bonchev–Trinajstić information content (AvgIpc) is 1.59. The molecule has 9 aromatic carbocycles. The topological polar surface area (TPSA) is 345 Å². The van der Waals surface area contributed by atoms with Gasteiger partial charge in [0.15, 0.2) is 70.4 Å². The number of hydrogen-bond donors (Lipinski definition) is 7. The number of aromatic nitrogens is 4. The van der Waals surface area contributed by atoms with Crippen LogP contribution in [0.1, 0.15) is 46.2 Å². The van der Waals surface area contributed by atoms with Gasteiger partial charge in [0, 0.05) is 79.0 Å². The van der Waals surface area contributed by atoms with Crippen LogP contribution in [0.15, 0.2) is 189 Å².